The van der Waals surface area contributed by atoms with E-state index in [0.717, 1.165) is 17.0 Å². The lowest BCUT2D eigenvalue weighted by atomic mass is 10.0. The number of thiophene rings is 1. The minimum absolute atomic E-state index is 0.105. The number of imidazole rings is 1. The van der Waals surface area contributed by atoms with E-state index in [-0.39, 0.29) is 28.6 Å². The number of halogens is 2. The summed E-state index contributed by atoms with van der Waals surface area (Å²) >= 11 is 12.6. The van der Waals surface area contributed by atoms with Crippen molar-refractivity contribution in [1.82, 2.24) is 9.97 Å². The van der Waals surface area contributed by atoms with Crippen molar-refractivity contribution in [2.45, 2.75) is 18.1 Å². The third kappa shape index (κ3) is 5.60. The molecule has 0 fully saturated rings. The lowest BCUT2D eigenvalue weighted by molar-refractivity contribution is -0.380. The number of nitro groups is 1. The lowest BCUT2D eigenvalue weighted by Gasteiger charge is -2.27. The average molecular weight is 533 g/mol. The number of hydrogen-bond acceptors (Lipinski definition) is 8. The van der Waals surface area contributed by atoms with Crippen LogP contribution in [0.2, 0.25) is 0 Å². The molecule has 0 aliphatic heterocycles. The molecule has 1 unspecified atom stereocenters. The first kappa shape index (κ1) is 25.3. The summed E-state index contributed by atoms with van der Waals surface area (Å²) in [5.41, 5.74) is 1.10. The summed E-state index contributed by atoms with van der Waals surface area (Å²) in [6.07, 6.45) is 2.71. The molecule has 0 saturated heterocycles. The number of benzene rings is 1. The number of aromatic nitrogens is 2. The molecule has 13 heteroatoms. The number of alkyl halides is 2. The van der Waals surface area contributed by atoms with Gasteiger partial charge in [0.15, 0.2) is 4.75 Å². The minimum Gasteiger partial charge on any atom is -0.382 e. The Hall–Kier alpha value is -2.34. The van der Waals surface area contributed by atoms with E-state index in [1.165, 1.54) is 37.5 Å². The van der Waals surface area contributed by atoms with Gasteiger partial charge in [-0.15, -0.1) is 23.2 Å². The molecule has 33 heavy (non-hydrogen) atoms. The smallest absolute Gasteiger partial charge is 0.327 e. The van der Waals surface area contributed by atoms with Gasteiger partial charge < -0.3 is 14.1 Å². The van der Waals surface area contributed by atoms with Crippen LogP contribution in [0, 0.1) is 10.1 Å². The highest BCUT2D eigenvalue weighted by atomic mass is 35.5. The molecule has 0 aliphatic carbocycles. The summed E-state index contributed by atoms with van der Waals surface area (Å²) in [7, 11) is -4.34. The number of aromatic amines is 1. The molecule has 0 aliphatic rings. The van der Waals surface area contributed by atoms with Gasteiger partial charge in [0, 0.05) is 54.9 Å². The van der Waals surface area contributed by atoms with E-state index in [4.69, 9.17) is 27.4 Å². The Morgan fingerprint density at radius 1 is 1.21 bits per heavy atom. The van der Waals surface area contributed by atoms with Gasteiger partial charge in [-0.25, -0.2) is 4.98 Å². The van der Waals surface area contributed by atoms with Crippen molar-refractivity contribution in [1.29, 1.82) is 0 Å². The Morgan fingerprint density at radius 3 is 2.42 bits per heavy atom. The molecule has 0 amide bonds. The van der Waals surface area contributed by atoms with Gasteiger partial charge in [-0.3, -0.25) is 10.1 Å². The molecular weight excluding hydrogens is 511 g/mol. The van der Waals surface area contributed by atoms with E-state index in [9.17, 15) is 18.5 Å². The highest BCUT2D eigenvalue weighted by Crippen LogP contribution is 2.38. The van der Waals surface area contributed by atoms with Crippen molar-refractivity contribution in [3.05, 3.63) is 69.6 Å². The Kier molecular flexibility index (Phi) is 8.22. The van der Waals surface area contributed by atoms with Gasteiger partial charge >= 0.3 is 15.1 Å². The van der Waals surface area contributed by atoms with Crippen molar-refractivity contribution in [3.8, 4) is 5.75 Å². The molecule has 0 saturated carbocycles. The Bertz CT molecular complexity index is 1160. The molecule has 1 atom stereocenters. The van der Waals surface area contributed by atoms with Crippen LogP contribution >= 0.6 is 34.5 Å². The molecule has 9 nitrogen and oxygen atoms in total. The van der Waals surface area contributed by atoms with Gasteiger partial charge in [0.25, 0.3) is 0 Å². The third-order valence-electron chi connectivity index (χ3n) is 5.08. The van der Waals surface area contributed by atoms with Crippen LogP contribution in [0.5, 0.6) is 5.75 Å². The van der Waals surface area contributed by atoms with Crippen molar-refractivity contribution < 1.29 is 17.5 Å². The number of H-pyrrole nitrogens is 1. The van der Waals surface area contributed by atoms with Crippen molar-refractivity contribution in [2.24, 2.45) is 0 Å². The number of hydrogen-bond donors (Lipinski definition) is 1. The topological polar surface area (TPSA) is 118 Å². The van der Waals surface area contributed by atoms with Crippen LogP contribution < -0.4 is 9.08 Å². The van der Waals surface area contributed by atoms with Crippen molar-refractivity contribution in [3.63, 3.8) is 0 Å². The summed E-state index contributed by atoms with van der Waals surface area (Å²) in [5.74, 6) is 1.06. The van der Waals surface area contributed by atoms with E-state index in [1.54, 1.807) is 17.5 Å². The molecule has 2 heterocycles. The summed E-state index contributed by atoms with van der Waals surface area (Å²) in [6, 6.07) is 8.06. The second-order valence-electron chi connectivity index (χ2n) is 7.25. The Balaban J connectivity index is 1.91. The predicted molar refractivity (Wildman–Crippen MR) is 130 cm³/mol. The monoisotopic (exact) mass is 532 g/mol. The molecule has 1 aromatic carbocycles. The van der Waals surface area contributed by atoms with Crippen LogP contribution in [-0.2, 0) is 21.3 Å². The zero-order valence-electron chi connectivity index (χ0n) is 17.6. The second-order valence-corrected chi connectivity index (χ2v) is 10.9. The van der Waals surface area contributed by atoms with Gasteiger partial charge in [-0.1, -0.05) is 11.3 Å². The van der Waals surface area contributed by atoms with E-state index in [2.05, 4.69) is 9.97 Å². The van der Waals surface area contributed by atoms with Crippen LogP contribution in [0.25, 0.3) is 0 Å². The molecule has 0 radical (unpaired) electrons. The maximum Gasteiger partial charge on any atom is 0.327 e. The number of rotatable bonds is 12. The van der Waals surface area contributed by atoms with Crippen molar-refractivity contribution in [2.75, 3.05) is 29.7 Å². The maximum atomic E-state index is 13.5. The fourth-order valence-electron chi connectivity index (χ4n) is 3.34. The Labute approximate surface area is 205 Å². The van der Waals surface area contributed by atoms with Gasteiger partial charge in [0.05, 0.1) is 4.92 Å². The van der Waals surface area contributed by atoms with Gasteiger partial charge in [0.1, 0.15) is 11.6 Å². The first-order chi connectivity index (χ1) is 15.7. The first-order valence-corrected chi connectivity index (χ1v) is 13.2. The standard InChI is InChI=1S/C20H22Cl2N4O5S2/c1-20(19-23-9-10-24-19,14-15-6-13-32-18(15)26(27)28)33(29,30)31-17-4-2-16(3-5-17)25(11-7-21)12-8-22/h2-6,9-10,13H,7-8,11-12,14H2,1H3,(H,23,24). The molecule has 3 aromatic rings. The highest BCUT2D eigenvalue weighted by Gasteiger charge is 2.47. The molecule has 1 N–H and O–H groups in total. The maximum absolute atomic E-state index is 13.5. The zero-order valence-corrected chi connectivity index (χ0v) is 20.8. The normalized spacial score (nSPS) is 13.4. The lowest BCUT2D eigenvalue weighted by Crippen LogP contribution is -2.39. The number of nitrogens with one attached hydrogen (secondary N) is 1. The van der Waals surface area contributed by atoms with Crippen LogP contribution in [0.3, 0.4) is 0 Å². The molecule has 2 aromatic heterocycles. The number of nitrogens with zero attached hydrogens (tertiary/aromatic N) is 3. The molecule has 0 spiro atoms. The van der Waals surface area contributed by atoms with Gasteiger partial charge in [-0.2, -0.15) is 8.42 Å². The molecule has 0 bridgehead atoms. The zero-order chi connectivity index (χ0) is 24.1. The van der Waals surface area contributed by atoms with E-state index < -0.39 is 19.8 Å². The SMILES string of the molecule is CC(Cc1ccsc1[N+](=O)[O-])(c1ncc[nH]1)S(=O)(=O)Oc1ccc(N(CCCl)CCCl)cc1. The summed E-state index contributed by atoms with van der Waals surface area (Å²) in [4.78, 5) is 19.7. The molecular formula is C20H22Cl2N4O5S2. The quantitative estimate of drug-likeness (QED) is 0.157. The molecule has 3 rings (SSSR count). The fraction of sp³-hybridized carbons (Fsp3) is 0.350. The van der Waals surface area contributed by atoms with E-state index >= 15 is 0 Å². The first-order valence-electron chi connectivity index (χ1n) is 9.83. The summed E-state index contributed by atoms with van der Waals surface area (Å²) in [5, 5.41) is 12.8. The molecule has 178 valence electrons. The Morgan fingerprint density at radius 2 is 1.88 bits per heavy atom. The van der Waals surface area contributed by atoms with Gasteiger partial charge in [-0.05, 0) is 42.6 Å². The largest absolute Gasteiger partial charge is 0.382 e. The van der Waals surface area contributed by atoms with Crippen LogP contribution in [-0.4, -0.2) is 48.2 Å². The third-order valence-corrected chi connectivity index (χ3v) is 8.18. The van der Waals surface area contributed by atoms with E-state index in [0.29, 0.717) is 24.8 Å². The minimum atomic E-state index is -4.34. The second kappa shape index (κ2) is 10.7. The van der Waals surface area contributed by atoms with Crippen molar-refractivity contribution >= 4 is 55.3 Å². The van der Waals surface area contributed by atoms with E-state index in [1.807, 2.05) is 4.90 Å². The predicted octanol–water partition coefficient (Wildman–Crippen LogP) is 4.53. The average Bonchev–Trinajstić information content (AvgIpc) is 3.46. The van der Waals surface area contributed by atoms with Crippen LogP contribution in [0.1, 0.15) is 18.3 Å². The van der Waals surface area contributed by atoms with Crippen LogP contribution in [0.15, 0.2) is 48.1 Å². The van der Waals surface area contributed by atoms with Gasteiger partial charge in [0.2, 0.25) is 0 Å². The highest BCUT2D eigenvalue weighted by molar-refractivity contribution is 7.88. The summed E-state index contributed by atoms with van der Waals surface area (Å²) in [6.45, 7) is 2.60. The number of anilines is 1. The summed E-state index contributed by atoms with van der Waals surface area (Å²) < 4.78 is 30.7. The van der Waals surface area contributed by atoms with Crippen LogP contribution in [0.4, 0.5) is 10.7 Å². The fourth-order valence-corrected chi connectivity index (χ4v) is 5.71.